The fraction of sp³-hybridized carbons (Fsp3) is 0.600. The number of hydrogen-bond donors (Lipinski definition) is 0. The molecular formula is C20H27NO6. The van der Waals surface area contributed by atoms with Crippen LogP contribution in [0.1, 0.15) is 56.0 Å². The summed E-state index contributed by atoms with van der Waals surface area (Å²) in [6.45, 7) is 7.35. The van der Waals surface area contributed by atoms with Crippen LogP contribution >= 0.6 is 0 Å². The first kappa shape index (κ1) is 20.9. The summed E-state index contributed by atoms with van der Waals surface area (Å²) in [5, 5.41) is 11.0. The summed E-state index contributed by atoms with van der Waals surface area (Å²) in [6, 6.07) is 4.17. The lowest BCUT2D eigenvalue weighted by Gasteiger charge is -2.36. The Labute approximate surface area is 159 Å². The third-order valence-corrected chi connectivity index (χ3v) is 5.29. The van der Waals surface area contributed by atoms with Crippen molar-refractivity contribution in [2.45, 2.75) is 53.1 Å². The van der Waals surface area contributed by atoms with Crippen molar-refractivity contribution < 1.29 is 24.0 Å². The number of rotatable bonds is 6. The van der Waals surface area contributed by atoms with E-state index in [9.17, 15) is 19.7 Å². The van der Waals surface area contributed by atoms with Gasteiger partial charge in [0.1, 0.15) is 6.10 Å². The smallest absolute Gasteiger partial charge is 0.344 e. The fourth-order valence-corrected chi connectivity index (χ4v) is 3.70. The molecular weight excluding hydrogens is 350 g/mol. The Morgan fingerprint density at radius 3 is 2.63 bits per heavy atom. The van der Waals surface area contributed by atoms with Gasteiger partial charge >= 0.3 is 11.9 Å². The first-order valence-electron chi connectivity index (χ1n) is 9.31. The molecule has 1 aromatic carbocycles. The number of nitro benzene ring substituents is 1. The molecule has 3 unspecified atom stereocenters. The SMILES string of the molecule is Cc1c(C(=O)OCC(=O)OC2CC(C)CCC2C(C)C)cccc1[N+](=O)[O-]. The van der Waals surface area contributed by atoms with Crippen molar-refractivity contribution in [2.24, 2.45) is 17.8 Å². The third-order valence-electron chi connectivity index (χ3n) is 5.29. The van der Waals surface area contributed by atoms with Crippen LogP contribution in [-0.4, -0.2) is 29.6 Å². The molecule has 1 aromatic rings. The molecule has 1 fully saturated rings. The van der Waals surface area contributed by atoms with Crippen molar-refractivity contribution in [1.29, 1.82) is 0 Å². The highest BCUT2D eigenvalue weighted by molar-refractivity contribution is 5.93. The molecule has 1 aliphatic carbocycles. The molecule has 1 saturated carbocycles. The van der Waals surface area contributed by atoms with E-state index < -0.39 is 23.5 Å². The van der Waals surface area contributed by atoms with Crippen molar-refractivity contribution in [2.75, 3.05) is 6.61 Å². The minimum Gasteiger partial charge on any atom is -0.460 e. The maximum atomic E-state index is 12.2. The van der Waals surface area contributed by atoms with Crippen LogP contribution in [-0.2, 0) is 14.3 Å². The van der Waals surface area contributed by atoms with E-state index in [1.54, 1.807) is 0 Å². The Morgan fingerprint density at radius 2 is 2.00 bits per heavy atom. The van der Waals surface area contributed by atoms with Gasteiger partial charge in [0.25, 0.3) is 5.69 Å². The molecule has 3 atom stereocenters. The lowest BCUT2D eigenvalue weighted by atomic mass is 9.75. The molecule has 7 heteroatoms. The summed E-state index contributed by atoms with van der Waals surface area (Å²) < 4.78 is 10.6. The van der Waals surface area contributed by atoms with E-state index in [0.29, 0.717) is 17.8 Å². The molecule has 0 radical (unpaired) electrons. The number of carbonyl (C=O) groups excluding carboxylic acids is 2. The van der Waals surface area contributed by atoms with Gasteiger partial charge in [-0.25, -0.2) is 9.59 Å². The molecule has 27 heavy (non-hydrogen) atoms. The minimum atomic E-state index is -0.773. The Bertz CT molecular complexity index is 714. The van der Waals surface area contributed by atoms with Crippen molar-refractivity contribution >= 4 is 17.6 Å². The topological polar surface area (TPSA) is 95.7 Å². The molecule has 2 rings (SSSR count). The molecule has 0 saturated heterocycles. The Balaban J connectivity index is 1.96. The number of hydrogen-bond acceptors (Lipinski definition) is 6. The summed E-state index contributed by atoms with van der Waals surface area (Å²) in [5.41, 5.74) is 0.119. The number of carbonyl (C=O) groups is 2. The van der Waals surface area contributed by atoms with Gasteiger partial charge in [0.15, 0.2) is 6.61 Å². The molecule has 0 amide bonds. The highest BCUT2D eigenvalue weighted by atomic mass is 16.6. The highest BCUT2D eigenvalue weighted by Gasteiger charge is 2.33. The minimum absolute atomic E-state index is 0.0725. The van der Waals surface area contributed by atoms with E-state index in [0.717, 1.165) is 19.3 Å². The quantitative estimate of drug-likeness (QED) is 0.421. The normalized spacial score (nSPS) is 22.3. The van der Waals surface area contributed by atoms with E-state index in [1.807, 2.05) is 0 Å². The summed E-state index contributed by atoms with van der Waals surface area (Å²) >= 11 is 0. The Morgan fingerprint density at radius 1 is 1.30 bits per heavy atom. The first-order chi connectivity index (χ1) is 12.7. The maximum absolute atomic E-state index is 12.2. The monoisotopic (exact) mass is 377 g/mol. The molecule has 0 bridgehead atoms. The van der Waals surface area contributed by atoms with Crippen LogP contribution in [0.3, 0.4) is 0 Å². The number of ether oxygens (including phenoxy) is 2. The zero-order valence-corrected chi connectivity index (χ0v) is 16.3. The molecule has 7 nitrogen and oxygen atoms in total. The van der Waals surface area contributed by atoms with Gasteiger partial charge in [0.05, 0.1) is 10.5 Å². The molecule has 0 aliphatic heterocycles. The molecule has 0 aromatic heterocycles. The number of nitro groups is 1. The van der Waals surface area contributed by atoms with E-state index >= 15 is 0 Å². The molecule has 0 N–H and O–H groups in total. The summed E-state index contributed by atoms with van der Waals surface area (Å²) in [5.74, 6) is -0.153. The second kappa shape index (κ2) is 8.97. The lowest BCUT2D eigenvalue weighted by Crippen LogP contribution is -2.36. The molecule has 0 spiro atoms. The van der Waals surface area contributed by atoms with Crippen LogP contribution in [0.2, 0.25) is 0 Å². The van der Waals surface area contributed by atoms with E-state index in [-0.39, 0.29) is 22.9 Å². The number of benzene rings is 1. The van der Waals surface area contributed by atoms with Crippen LogP contribution in [0.15, 0.2) is 18.2 Å². The third kappa shape index (κ3) is 5.28. The van der Waals surface area contributed by atoms with Crippen LogP contribution in [0.5, 0.6) is 0 Å². The summed E-state index contributed by atoms with van der Waals surface area (Å²) in [6.07, 6.45) is 2.79. The largest absolute Gasteiger partial charge is 0.460 e. The van der Waals surface area contributed by atoms with Gasteiger partial charge in [-0.3, -0.25) is 10.1 Å². The number of nitrogens with zero attached hydrogens (tertiary/aromatic N) is 1. The van der Waals surface area contributed by atoms with E-state index in [2.05, 4.69) is 20.8 Å². The van der Waals surface area contributed by atoms with Crippen molar-refractivity contribution in [3.63, 3.8) is 0 Å². The molecule has 148 valence electrons. The zero-order valence-electron chi connectivity index (χ0n) is 16.3. The highest BCUT2D eigenvalue weighted by Crippen LogP contribution is 2.35. The van der Waals surface area contributed by atoms with Crippen LogP contribution in [0.25, 0.3) is 0 Å². The molecule has 1 aliphatic rings. The maximum Gasteiger partial charge on any atom is 0.344 e. The van der Waals surface area contributed by atoms with Gasteiger partial charge in [-0.15, -0.1) is 0 Å². The zero-order chi connectivity index (χ0) is 20.1. The van der Waals surface area contributed by atoms with Crippen molar-refractivity contribution in [1.82, 2.24) is 0 Å². The predicted octanol–water partition coefficient (Wildman–Crippen LogP) is 4.06. The van der Waals surface area contributed by atoms with Crippen LogP contribution in [0.4, 0.5) is 5.69 Å². The number of esters is 2. The second-order valence-electron chi connectivity index (χ2n) is 7.64. The Hall–Kier alpha value is -2.44. The van der Waals surface area contributed by atoms with E-state index in [4.69, 9.17) is 9.47 Å². The van der Waals surface area contributed by atoms with E-state index in [1.165, 1.54) is 25.1 Å². The Kier molecular flexibility index (Phi) is 6.93. The van der Waals surface area contributed by atoms with Crippen molar-refractivity contribution in [3.05, 3.63) is 39.4 Å². The summed E-state index contributed by atoms with van der Waals surface area (Å²) in [7, 11) is 0. The van der Waals surface area contributed by atoms with Crippen molar-refractivity contribution in [3.8, 4) is 0 Å². The molecule has 0 heterocycles. The second-order valence-corrected chi connectivity index (χ2v) is 7.64. The van der Waals surface area contributed by atoms with Crippen LogP contribution < -0.4 is 0 Å². The average Bonchev–Trinajstić information content (AvgIpc) is 2.59. The summed E-state index contributed by atoms with van der Waals surface area (Å²) in [4.78, 5) is 34.8. The van der Waals surface area contributed by atoms with Gasteiger partial charge in [-0.05, 0) is 43.6 Å². The van der Waals surface area contributed by atoms with Gasteiger partial charge < -0.3 is 9.47 Å². The first-order valence-corrected chi connectivity index (χ1v) is 9.31. The van der Waals surface area contributed by atoms with Gasteiger partial charge in [0, 0.05) is 11.6 Å². The van der Waals surface area contributed by atoms with Gasteiger partial charge in [-0.1, -0.05) is 33.3 Å². The average molecular weight is 377 g/mol. The predicted molar refractivity (Wildman–Crippen MR) is 99.3 cm³/mol. The van der Waals surface area contributed by atoms with Gasteiger partial charge in [0.2, 0.25) is 0 Å². The standard InChI is InChI=1S/C20H27NO6/c1-12(2)15-9-8-13(3)10-18(15)27-19(22)11-26-20(23)16-6-5-7-17(14(16)4)21(24)25/h5-7,12-13,15,18H,8-11H2,1-4H3. The lowest BCUT2D eigenvalue weighted by molar-refractivity contribution is -0.385. The van der Waals surface area contributed by atoms with Gasteiger partial charge in [-0.2, -0.15) is 0 Å². The fourth-order valence-electron chi connectivity index (χ4n) is 3.70. The van der Waals surface area contributed by atoms with Crippen LogP contribution in [0, 0.1) is 34.8 Å².